The van der Waals surface area contributed by atoms with Gasteiger partial charge in [0.15, 0.2) is 11.5 Å². The standard InChI is InChI=1S/C19H18N4O2/c1-12-13(2)20-19(21-14-7-4-3-5-8-14)23-18(12)22-15-9-6-10-16-17(15)25-11-24-16/h3-10H,11H2,1-2H3,(H2,20,21,22,23). The van der Waals surface area contributed by atoms with E-state index in [-0.39, 0.29) is 6.79 Å². The Balaban J connectivity index is 1.67. The first-order chi connectivity index (χ1) is 12.2. The number of ether oxygens (including phenoxy) is 2. The number of benzene rings is 2. The maximum atomic E-state index is 5.55. The van der Waals surface area contributed by atoms with E-state index in [1.165, 1.54) is 0 Å². The third-order valence-corrected chi connectivity index (χ3v) is 4.07. The highest BCUT2D eigenvalue weighted by atomic mass is 16.7. The van der Waals surface area contributed by atoms with Gasteiger partial charge in [-0.25, -0.2) is 4.98 Å². The van der Waals surface area contributed by atoms with E-state index in [9.17, 15) is 0 Å². The Kier molecular flexibility index (Phi) is 3.85. The minimum Gasteiger partial charge on any atom is -0.454 e. The number of anilines is 4. The smallest absolute Gasteiger partial charge is 0.231 e. The first-order valence-electron chi connectivity index (χ1n) is 8.03. The van der Waals surface area contributed by atoms with Crippen LogP contribution < -0.4 is 20.1 Å². The summed E-state index contributed by atoms with van der Waals surface area (Å²) in [5, 5.41) is 6.58. The van der Waals surface area contributed by atoms with Crippen LogP contribution in [0.25, 0.3) is 0 Å². The normalized spacial score (nSPS) is 12.1. The molecular weight excluding hydrogens is 316 g/mol. The fraction of sp³-hybridized carbons (Fsp3) is 0.158. The summed E-state index contributed by atoms with van der Waals surface area (Å²) in [7, 11) is 0. The molecule has 0 atom stereocenters. The molecule has 2 N–H and O–H groups in total. The molecule has 2 aromatic carbocycles. The number of aryl methyl sites for hydroxylation is 1. The van der Waals surface area contributed by atoms with Gasteiger partial charge in [-0.3, -0.25) is 0 Å². The molecule has 25 heavy (non-hydrogen) atoms. The maximum Gasteiger partial charge on any atom is 0.231 e. The molecule has 6 heteroatoms. The quantitative estimate of drug-likeness (QED) is 0.741. The minimum atomic E-state index is 0.233. The first-order valence-corrected chi connectivity index (χ1v) is 8.03. The second-order valence-electron chi connectivity index (χ2n) is 5.76. The Morgan fingerprint density at radius 3 is 2.56 bits per heavy atom. The number of hydrogen-bond donors (Lipinski definition) is 2. The average molecular weight is 334 g/mol. The van der Waals surface area contributed by atoms with E-state index >= 15 is 0 Å². The average Bonchev–Trinajstić information content (AvgIpc) is 3.10. The molecule has 0 spiro atoms. The predicted molar refractivity (Wildman–Crippen MR) is 97.1 cm³/mol. The van der Waals surface area contributed by atoms with Gasteiger partial charge in [0.2, 0.25) is 12.7 Å². The van der Waals surface area contributed by atoms with Gasteiger partial charge in [-0.05, 0) is 38.1 Å². The highest BCUT2D eigenvalue weighted by Gasteiger charge is 2.18. The topological polar surface area (TPSA) is 68.3 Å². The van der Waals surface area contributed by atoms with Crippen molar-refractivity contribution < 1.29 is 9.47 Å². The molecule has 1 aliphatic heterocycles. The molecule has 126 valence electrons. The number of nitrogens with one attached hydrogen (secondary N) is 2. The van der Waals surface area contributed by atoms with Gasteiger partial charge in [0.05, 0.1) is 5.69 Å². The van der Waals surface area contributed by atoms with Gasteiger partial charge in [-0.15, -0.1) is 0 Å². The van der Waals surface area contributed by atoms with E-state index in [0.29, 0.717) is 11.7 Å². The number of rotatable bonds is 4. The van der Waals surface area contributed by atoms with Crippen LogP contribution in [0.2, 0.25) is 0 Å². The Morgan fingerprint density at radius 1 is 0.880 bits per heavy atom. The summed E-state index contributed by atoms with van der Waals surface area (Å²) in [5.41, 5.74) is 3.65. The zero-order valence-corrected chi connectivity index (χ0v) is 14.0. The monoisotopic (exact) mass is 334 g/mol. The SMILES string of the molecule is Cc1nc(Nc2ccccc2)nc(Nc2cccc3c2OCO3)c1C. The van der Waals surface area contributed by atoms with E-state index in [4.69, 9.17) is 9.47 Å². The number of nitrogens with zero attached hydrogens (tertiary/aromatic N) is 2. The van der Waals surface area contributed by atoms with Crippen LogP contribution in [0, 0.1) is 13.8 Å². The van der Waals surface area contributed by atoms with Crippen LogP contribution in [-0.2, 0) is 0 Å². The van der Waals surface area contributed by atoms with Gasteiger partial charge < -0.3 is 20.1 Å². The predicted octanol–water partition coefficient (Wildman–Crippen LogP) is 4.31. The van der Waals surface area contributed by atoms with Crippen molar-refractivity contribution in [3.05, 3.63) is 59.8 Å². The number of fused-ring (bicyclic) bond motifs is 1. The summed E-state index contributed by atoms with van der Waals surface area (Å²) >= 11 is 0. The van der Waals surface area contributed by atoms with E-state index in [2.05, 4.69) is 20.6 Å². The zero-order valence-electron chi connectivity index (χ0n) is 14.0. The lowest BCUT2D eigenvalue weighted by molar-refractivity contribution is 0.174. The number of para-hydroxylation sites is 2. The summed E-state index contributed by atoms with van der Waals surface area (Å²) in [6.07, 6.45) is 0. The second-order valence-corrected chi connectivity index (χ2v) is 5.76. The minimum absolute atomic E-state index is 0.233. The van der Waals surface area contributed by atoms with E-state index < -0.39 is 0 Å². The van der Waals surface area contributed by atoms with Crippen molar-refractivity contribution in [1.82, 2.24) is 9.97 Å². The highest BCUT2D eigenvalue weighted by molar-refractivity contribution is 5.71. The van der Waals surface area contributed by atoms with Gasteiger partial charge in [0.1, 0.15) is 5.82 Å². The third-order valence-electron chi connectivity index (χ3n) is 4.07. The molecule has 0 unspecified atom stereocenters. The molecule has 0 saturated heterocycles. The van der Waals surface area contributed by atoms with Crippen molar-refractivity contribution in [2.24, 2.45) is 0 Å². The highest BCUT2D eigenvalue weighted by Crippen LogP contribution is 2.40. The van der Waals surface area contributed by atoms with Crippen LogP contribution in [-0.4, -0.2) is 16.8 Å². The van der Waals surface area contributed by atoms with Crippen molar-refractivity contribution >= 4 is 23.1 Å². The molecule has 0 aliphatic carbocycles. The molecule has 6 nitrogen and oxygen atoms in total. The summed E-state index contributed by atoms with van der Waals surface area (Å²) in [6.45, 7) is 4.19. The van der Waals surface area contributed by atoms with Crippen LogP contribution >= 0.6 is 0 Å². The Bertz CT molecular complexity index is 913. The molecule has 0 amide bonds. The van der Waals surface area contributed by atoms with E-state index in [1.807, 2.05) is 62.4 Å². The molecule has 1 aromatic heterocycles. The molecule has 4 rings (SSSR count). The molecule has 0 bridgehead atoms. The Labute approximate surface area is 145 Å². The van der Waals surface area contributed by atoms with Crippen molar-refractivity contribution in [2.45, 2.75) is 13.8 Å². The van der Waals surface area contributed by atoms with Crippen molar-refractivity contribution in [3.8, 4) is 11.5 Å². The van der Waals surface area contributed by atoms with Gasteiger partial charge in [0, 0.05) is 16.9 Å². The van der Waals surface area contributed by atoms with Gasteiger partial charge in [-0.1, -0.05) is 24.3 Å². The second kappa shape index (κ2) is 6.32. The van der Waals surface area contributed by atoms with Gasteiger partial charge in [0.25, 0.3) is 0 Å². The fourth-order valence-corrected chi connectivity index (χ4v) is 2.61. The van der Waals surface area contributed by atoms with Gasteiger partial charge >= 0.3 is 0 Å². The molecule has 3 aromatic rings. The van der Waals surface area contributed by atoms with Crippen LogP contribution in [0.5, 0.6) is 11.5 Å². The number of aromatic nitrogens is 2. The van der Waals surface area contributed by atoms with Crippen molar-refractivity contribution in [3.63, 3.8) is 0 Å². The van der Waals surface area contributed by atoms with E-state index in [0.717, 1.165) is 34.2 Å². The van der Waals surface area contributed by atoms with Crippen LogP contribution in [0.3, 0.4) is 0 Å². The molecule has 0 saturated carbocycles. The van der Waals surface area contributed by atoms with Crippen molar-refractivity contribution in [2.75, 3.05) is 17.4 Å². The maximum absolute atomic E-state index is 5.55. The third kappa shape index (κ3) is 3.06. The molecule has 0 fully saturated rings. The van der Waals surface area contributed by atoms with Crippen LogP contribution in [0.1, 0.15) is 11.3 Å². The van der Waals surface area contributed by atoms with Crippen LogP contribution in [0.4, 0.5) is 23.1 Å². The molecular formula is C19H18N4O2. The van der Waals surface area contributed by atoms with Crippen molar-refractivity contribution in [1.29, 1.82) is 0 Å². The lowest BCUT2D eigenvalue weighted by Gasteiger charge is -2.14. The summed E-state index contributed by atoms with van der Waals surface area (Å²) in [6, 6.07) is 15.6. The Hall–Kier alpha value is -3.28. The number of hydrogen-bond acceptors (Lipinski definition) is 6. The zero-order chi connectivity index (χ0) is 17.2. The fourth-order valence-electron chi connectivity index (χ4n) is 2.61. The molecule has 1 aliphatic rings. The summed E-state index contributed by atoms with van der Waals surface area (Å²) < 4.78 is 11.0. The Morgan fingerprint density at radius 2 is 1.72 bits per heavy atom. The summed E-state index contributed by atoms with van der Waals surface area (Å²) in [5.74, 6) is 2.71. The first kappa shape index (κ1) is 15.3. The molecule has 2 heterocycles. The largest absolute Gasteiger partial charge is 0.454 e. The van der Waals surface area contributed by atoms with Crippen LogP contribution in [0.15, 0.2) is 48.5 Å². The summed E-state index contributed by atoms with van der Waals surface area (Å²) in [4.78, 5) is 9.14. The lowest BCUT2D eigenvalue weighted by Crippen LogP contribution is -2.05. The lowest BCUT2D eigenvalue weighted by atomic mass is 10.2. The van der Waals surface area contributed by atoms with E-state index in [1.54, 1.807) is 0 Å². The molecule has 0 radical (unpaired) electrons. The van der Waals surface area contributed by atoms with Gasteiger partial charge in [-0.2, -0.15) is 4.98 Å².